The molecule has 4 aliphatic heterocycles. The van der Waals surface area contributed by atoms with Gasteiger partial charge in [-0.05, 0) is 102 Å². The average molecular weight is 1490 g/mol. The largest absolute Gasteiger partial charge is 0.519 e. The third-order valence-corrected chi connectivity index (χ3v) is 27.4. The number of carbonyl (C=O) groups is 4. The summed E-state index contributed by atoms with van der Waals surface area (Å²) < 4.78 is 142. The molecule has 97 heavy (non-hydrogen) atoms. The van der Waals surface area contributed by atoms with Crippen molar-refractivity contribution in [1.29, 1.82) is 0 Å². The predicted octanol–water partition coefficient (Wildman–Crippen LogP) is 19.0. The molecule has 8 rings (SSSR count). The van der Waals surface area contributed by atoms with Gasteiger partial charge in [-0.3, -0.25) is 32.3 Å². The number of benzene rings is 2. The van der Waals surface area contributed by atoms with Crippen LogP contribution in [0.25, 0.3) is 0 Å². The number of rotatable bonds is 14. The minimum atomic E-state index is -2.88. The molecule has 0 spiro atoms. The molecule has 10 atom stereocenters. The number of esters is 4. The van der Waals surface area contributed by atoms with Gasteiger partial charge in [-0.2, -0.15) is 0 Å². The lowest BCUT2D eigenvalue weighted by molar-refractivity contribution is -0.151. The SMILES string of the molecule is CC.CC.CC(C)(C)P(C)(=O)OC1CCC(=O)O1.CC(C)(C)P(C)(=O)OC1OC(=O)c2ccccc21.CC(C)(C)[P+](=O)OC1CCC(=O)O1.CC(C)(C)[P+](=O)OC1OC(=O)c2ccccc21.Cc1oc(=O)oc1COP(C)(=O)C(C)(C)C.Cc1oc(=O)oc1CO[P+](=O)C(C)(C)C. The highest BCUT2D eigenvalue weighted by atomic mass is 31.2. The number of ether oxygens (including phenoxy) is 4. The second-order valence-corrected chi connectivity index (χ2v) is 43.8. The van der Waals surface area contributed by atoms with E-state index in [4.69, 9.17) is 54.9 Å². The monoisotopic (exact) mass is 1490 g/mol. The van der Waals surface area contributed by atoms with Gasteiger partial charge < -0.3 is 41.1 Å². The summed E-state index contributed by atoms with van der Waals surface area (Å²) in [5.74, 6) is -1.64. The minimum absolute atomic E-state index is 0.00987. The van der Waals surface area contributed by atoms with E-state index in [0.717, 1.165) is 0 Å². The van der Waals surface area contributed by atoms with Crippen LogP contribution >= 0.6 is 46.2 Å². The summed E-state index contributed by atoms with van der Waals surface area (Å²) in [6.07, 6.45) is -1.19. The van der Waals surface area contributed by atoms with Gasteiger partial charge >= 0.3 is 59.6 Å². The van der Waals surface area contributed by atoms with Crippen molar-refractivity contribution >= 4 is 70.1 Å². The fourth-order valence-corrected chi connectivity index (χ4v) is 10.9. The summed E-state index contributed by atoms with van der Waals surface area (Å²) >= 11 is 0. The molecule has 548 valence electrons. The molecular formula is C65H105O26P6+3. The van der Waals surface area contributed by atoms with Crippen LogP contribution in [-0.2, 0) is 96.3 Å². The lowest BCUT2D eigenvalue weighted by Gasteiger charge is -2.29. The highest BCUT2D eigenvalue weighted by molar-refractivity contribution is 7.60. The van der Waals surface area contributed by atoms with E-state index in [-0.39, 0.29) is 36.7 Å². The fourth-order valence-electron chi connectivity index (χ4n) is 6.46. The molecule has 2 fully saturated rings. The van der Waals surface area contributed by atoms with E-state index in [1.807, 2.05) is 152 Å². The quantitative estimate of drug-likeness (QED) is 0.0643. The predicted molar refractivity (Wildman–Crippen MR) is 370 cm³/mol. The lowest BCUT2D eigenvalue weighted by atomic mass is 10.1. The summed E-state index contributed by atoms with van der Waals surface area (Å²) in [7, 11) is -13.9. The zero-order valence-corrected chi connectivity index (χ0v) is 66.8. The number of hydrogen-bond donors (Lipinski definition) is 0. The molecule has 0 radical (unpaired) electrons. The number of fused-ring (bicyclic) bond motifs is 2. The van der Waals surface area contributed by atoms with Crippen LogP contribution in [0.1, 0.15) is 245 Å². The maximum Gasteiger partial charge on any atom is 0.519 e. The van der Waals surface area contributed by atoms with Crippen molar-refractivity contribution in [3.63, 3.8) is 0 Å². The first kappa shape index (κ1) is 90.1. The van der Waals surface area contributed by atoms with Gasteiger partial charge in [0.25, 0.3) is 12.6 Å². The maximum absolute atomic E-state index is 12.5. The molecule has 2 aromatic carbocycles. The summed E-state index contributed by atoms with van der Waals surface area (Å²) in [6.45, 7) is 48.8. The molecule has 4 aliphatic rings. The number of cyclic esters (lactones) is 4. The molecule has 26 nitrogen and oxygen atoms in total. The Morgan fingerprint density at radius 1 is 0.443 bits per heavy atom. The van der Waals surface area contributed by atoms with Gasteiger partial charge in [-0.1, -0.05) is 131 Å². The Labute approximate surface area is 574 Å². The van der Waals surface area contributed by atoms with E-state index in [2.05, 4.69) is 8.83 Å². The normalized spacial score (nSPS) is 19.6. The molecular weight excluding hydrogens is 1380 g/mol. The van der Waals surface area contributed by atoms with Gasteiger partial charge in [0.1, 0.15) is 18.1 Å². The van der Waals surface area contributed by atoms with Gasteiger partial charge in [0.15, 0.2) is 33.6 Å². The zero-order valence-electron chi connectivity index (χ0n) is 61.5. The van der Waals surface area contributed by atoms with Crippen LogP contribution in [0.4, 0.5) is 0 Å². The summed E-state index contributed by atoms with van der Waals surface area (Å²) in [5, 5.41) is -2.64. The van der Waals surface area contributed by atoms with Gasteiger partial charge in [0.05, 0.1) is 24.0 Å². The van der Waals surface area contributed by atoms with E-state index >= 15 is 0 Å². The highest BCUT2D eigenvalue weighted by Crippen LogP contribution is 2.60. The summed E-state index contributed by atoms with van der Waals surface area (Å²) in [5.41, 5.74) is 2.25. The first-order valence-electron chi connectivity index (χ1n) is 31.5. The molecule has 0 saturated carbocycles. The van der Waals surface area contributed by atoms with E-state index in [1.54, 1.807) is 82.4 Å². The molecule has 0 N–H and O–H groups in total. The fraction of sp³-hybridized carbons (Fsp3) is 0.662. The van der Waals surface area contributed by atoms with Gasteiger partial charge in [-0.15, -0.1) is 9.05 Å². The first-order chi connectivity index (χ1) is 44.2. The van der Waals surface area contributed by atoms with Crippen LogP contribution in [0.3, 0.4) is 0 Å². The smallest absolute Gasteiger partial charge is 0.435 e. The van der Waals surface area contributed by atoms with Crippen molar-refractivity contribution in [1.82, 2.24) is 0 Å². The van der Waals surface area contributed by atoms with E-state index in [1.165, 1.54) is 0 Å². The molecule has 2 aromatic heterocycles. The molecule has 32 heteroatoms. The molecule has 0 aliphatic carbocycles. The molecule has 6 heterocycles. The lowest BCUT2D eigenvalue weighted by Crippen LogP contribution is -2.20. The molecule has 10 unspecified atom stereocenters. The Morgan fingerprint density at radius 2 is 0.794 bits per heavy atom. The molecule has 4 aromatic rings. The van der Waals surface area contributed by atoms with Crippen molar-refractivity contribution < 1.29 is 110 Å². The van der Waals surface area contributed by atoms with Crippen LogP contribution < -0.4 is 11.6 Å². The second-order valence-electron chi connectivity index (χ2n) is 27.7. The van der Waals surface area contributed by atoms with E-state index in [9.17, 15) is 56.2 Å². The van der Waals surface area contributed by atoms with Crippen LogP contribution in [0.2, 0.25) is 0 Å². The third kappa shape index (κ3) is 29.3. The third-order valence-electron chi connectivity index (χ3n) is 13.7. The maximum atomic E-state index is 12.5. The number of hydrogen-bond acceptors (Lipinski definition) is 26. The van der Waals surface area contributed by atoms with Gasteiger partial charge in [0.2, 0.25) is 34.7 Å². The van der Waals surface area contributed by atoms with Crippen molar-refractivity contribution in [2.45, 2.75) is 261 Å². The number of aryl methyl sites for hydroxylation is 2. The standard InChI is InChI=1S/C13H17O4P.C12H14O4P.C10H17O5P.C9H14O5P.C9H17O4P.C8H14O4P.2C2H6/c1-13(2,3)18(4,15)17-12-10-8-6-5-7-9(10)11(14)16-12;1-12(2,3)17(14)16-11-9-7-5-4-6-8(9)10(13)15-11;1-7-8(15-9(11)14-7)6-13-16(5,12)10(2,3)4;1-6-7(14-8(10)13-6)5-12-15(11)9(2,3)4;1-9(2,3)14(4,11)13-8-6-5-7(10)12-8;1-8(2,3)13(10)12-7-5-4-6(9)11-7;2*1-2/h5-8,12H,1-4H3;4-7,11H,1-3H3;6H2,1-5H3;5H2,1-4H3;8H,5-6H2,1-4H3;7H,4-5H2,1-3H3;2*1-2H3/q;+1;;+1;;+1;;. The summed E-state index contributed by atoms with van der Waals surface area (Å²) in [6, 6.07) is 14.0. The summed E-state index contributed by atoms with van der Waals surface area (Å²) in [4.78, 5) is 66.1. The topological polar surface area (TPSA) is 350 Å². The average Bonchev–Trinajstić information content (AvgIpc) is 1.64. The molecule has 0 bridgehead atoms. The first-order valence-corrected chi connectivity index (χ1v) is 41.2. The Morgan fingerprint density at radius 3 is 1.15 bits per heavy atom. The number of carbonyl (C=O) groups excluding carboxylic acids is 4. The van der Waals surface area contributed by atoms with Crippen LogP contribution in [0, 0.1) is 13.8 Å². The van der Waals surface area contributed by atoms with Crippen LogP contribution in [0.15, 0.2) is 75.8 Å². The Hall–Kier alpha value is -4.91. The zero-order chi connectivity index (χ0) is 75.4. The van der Waals surface area contributed by atoms with Crippen LogP contribution in [0.5, 0.6) is 0 Å². The van der Waals surface area contributed by atoms with Gasteiger partial charge in [-0.25, -0.2) is 19.2 Å². The van der Waals surface area contributed by atoms with E-state index in [0.29, 0.717) is 59.5 Å². The van der Waals surface area contributed by atoms with Crippen molar-refractivity contribution in [3.05, 3.63) is 115 Å². The van der Waals surface area contributed by atoms with Crippen molar-refractivity contribution in [2.75, 3.05) is 20.0 Å². The molecule has 2 saturated heterocycles. The minimum Gasteiger partial charge on any atom is -0.435 e. The highest BCUT2D eigenvalue weighted by Gasteiger charge is 2.46. The Bertz CT molecular complexity index is 3570. The Kier molecular flexibility index (Phi) is 35.0. The molecule has 0 amide bonds. The van der Waals surface area contributed by atoms with Crippen molar-refractivity contribution in [2.24, 2.45) is 0 Å². The second kappa shape index (κ2) is 37.7. The van der Waals surface area contributed by atoms with Crippen LogP contribution in [-0.4, -0.2) is 87.4 Å². The Balaban J connectivity index is 0.000000577. The van der Waals surface area contributed by atoms with E-state index < -0.39 is 126 Å². The van der Waals surface area contributed by atoms with Crippen molar-refractivity contribution in [3.8, 4) is 0 Å². The van der Waals surface area contributed by atoms with Gasteiger partial charge in [0, 0.05) is 59.4 Å².